The van der Waals surface area contributed by atoms with E-state index < -0.39 is 0 Å². The Bertz CT molecular complexity index is 113. The van der Waals surface area contributed by atoms with Crippen molar-refractivity contribution in [1.82, 2.24) is 10.2 Å². The van der Waals surface area contributed by atoms with Crippen LogP contribution in [0.4, 0.5) is 0 Å². The minimum atomic E-state index is 0.829. The summed E-state index contributed by atoms with van der Waals surface area (Å²) < 4.78 is 0. The maximum Gasteiger partial charge on any atom is 0.0258 e. The van der Waals surface area contributed by atoms with Crippen molar-refractivity contribution >= 4 is 0 Å². The van der Waals surface area contributed by atoms with E-state index in [2.05, 4.69) is 17.3 Å². The number of fused-ring (bicyclic) bond motifs is 1. The molecule has 0 aromatic rings. The average Bonchev–Trinajstić information content (AvgIpc) is 2.35. The average molecular weight is 126 g/mol. The highest BCUT2D eigenvalue weighted by Gasteiger charge is 2.34. The summed E-state index contributed by atoms with van der Waals surface area (Å²) in [4.78, 5) is 2.48. The lowest BCUT2D eigenvalue weighted by Crippen LogP contribution is -2.31. The lowest BCUT2D eigenvalue weighted by molar-refractivity contribution is 0.310. The molecule has 0 radical (unpaired) electrons. The van der Waals surface area contributed by atoms with Crippen LogP contribution in [-0.2, 0) is 0 Å². The van der Waals surface area contributed by atoms with Gasteiger partial charge in [0.25, 0.3) is 0 Å². The molecule has 2 nitrogen and oxygen atoms in total. The standard InChI is InChI=1S/C7H14N2/c1-9-5-3-6-7(9)2-4-8-6/h6-8H,2-5H2,1H3/t6-,7+/m1/s1. The Hall–Kier alpha value is -0.0800. The van der Waals surface area contributed by atoms with Crippen LogP contribution in [0.3, 0.4) is 0 Å². The molecule has 9 heavy (non-hydrogen) atoms. The molecule has 52 valence electrons. The van der Waals surface area contributed by atoms with Gasteiger partial charge in [0.1, 0.15) is 0 Å². The number of hydrogen-bond donors (Lipinski definition) is 1. The summed E-state index contributed by atoms with van der Waals surface area (Å²) in [6.07, 6.45) is 2.72. The molecule has 2 heteroatoms. The molecule has 0 unspecified atom stereocenters. The van der Waals surface area contributed by atoms with E-state index in [9.17, 15) is 0 Å². The third-order valence-electron chi connectivity index (χ3n) is 2.67. The van der Waals surface area contributed by atoms with Crippen LogP contribution in [0.2, 0.25) is 0 Å². The van der Waals surface area contributed by atoms with Crippen LogP contribution in [0.25, 0.3) is 0 Å². The molecule has 2 fully saturated rings. The van der Waals surface area contributed by atoms with Gasteiger partial charge in [-0.3, -0.25) is 0 Å². The number of rotatable bonds is 0. The smallest absolute Gasteiger partial charge is 0.0258 e. The van der Waals surface area contributed by atoms with Crippen molar-refractivity contribution < 1.29 is 0 Å². The molecule has 2 heterocycles. The fraction of sp³-hybridized carbons (Fsp3) is 1.00. The summed E-state index contributed by atoms with van der Waals surface area (Å²) in [6, 6.07) is 1.69. The zero-order valence-corrected chi connectivity index (χ0v) is 5.93. The van der Waals surface area contributed by atoms with Crippen molar-refractivity contribution in [2.75, 3.05) is 20.1 Å². The van der Waals surface area contributed by atoms with E-state index >= 15 is 0 Å². The van der Waals surface area contributed by atoms with Gasteiger partial charge in [-0.15, -0.1) is 0 Å². The van der Waals surface area contributed by atoms with Gasteiger partial charge in [0.2, 0.25) is 0 Å². The second-order valence-corrected chi connectivity index (χ2v) is 3.19. The molecule has 0 spiro atoms. The zero-order chi connectivity index (χ0) is 6.27. The summed E-state index contributed by atoms with van der Waals surface area (Å²) in [6.45, 7) is 2.53. The topological polar surface area (TPSA) is 15.3 Å². The summed E-state index contributed by atoms with van der Waals surface area (Å²) in [5, 5.41) is 3.51. The summed E-state index contributed by atoms with van der Waals surface area (Å²) in [5.74, 6) is 0. The maximum absolute atomic E-state index is 3.51. The lowest BCUT2D eigenvalue weighted by atomic mass is 10.1. The Labute approximate surface area is 56.2 Å². The third-order valence-corrected chi connectivity index (χ3v) is 2.67. The van der Waals surface area contributed by atoms with E-state index in [1.165, 1.54) is 25.9 Å². The maximum atomic E-state index is 3.51. The zero-order valence-electron chi connectivity index (χ0n) is 5.93. The van der Waals surface area contributed by atoms with Crippen molar-refractivity contribution in [2.24, 2.45) is 0 Å². The van der Waals surface area contributed by atoms with Crippen LogP contribution in [0.5, 0.6) is 0 Å². The first-order chi connectivity index (χ1) is 4.38. The van der Waals surface area contributed by atoms with Gasteiger partial charge in [-0.25, -0.2) is 0 Å². The summed E-state index contributed by atoms with van der Waals surface area (Å²) >= 11 is 0. The first-order valence-electron chi connectivity index (χ1n) is 3.81. The van der Waals surface area contributed by atoms with Crippen molar-refractivity contribution in [3.63, 3.8) is 0 Å². The van der Waals surface area contributed by atoms with E-state index in [1.54, 1.807) is 0 Å². The Kier molecular flexibility index (Phi) is 1.24. The molecule has 2 aliphatic heterocycles. The Morgan fingerprint density at radius 2 is 2.33 bits per heavy atom. The molecule has 0 aromatic heterocycles. The van der Waals surface area contributed by atoms with Gasteiger partial charge in [0, 0.05) is 12.1 Å². The Morgan fingerprint density at radius 1 is 1.44 bits per heavy atom. The van der Waals surface area contributed by atoms with E-state index in [-0.39, 0.29) is 0 Å². The van der Waals surface area contributed by atoms with Crippen LogP contribution >= 0.6 is 0 Å². The molecule has 1 N–H and O–H groups in total. The number of hydrogen-bond acceptors (Lipinski definition) is 2. The number of nitrogens with one attached hydrogen (secondary N) is 1. The molecular weight excluding hydrogens is 112 g/mol. The van der Waals surface area contributed by atoms with Gasteiger partial charge >= 0.3 is 0 Å². The van der Waals surface area contributed by atoms with Crippen molar-refractivity contribution in [2.45, 2.75) is 24.9 Å². The van der Waals surface area contributed by atoms with Crippen molar-refractivity contribution in [3.8, 4) is 0 Å². The predicted molar refractivity (Wildman–Crippen MR) is 37.4 cm³/mol. The Morgan fingerprint density at radius 3 is 3.11 bits per heavy atom. The van der Waals surface area contributed by atoms with Gasteiger partial charge in [-0.2, -0.15) is 0 Å². The largest absolute Gasteiger partial charge is 0.312 e. The fourth-order valence-corrected chi connectivity index (χ4v) is 2.08. The summed E-state index contributed by atoms with van der Waals surface area (Å²) in [5.41, 5.74) is 0. The van der Waals surface area contributed by atoms with Crippen LogP contribution < -0.4 is 5.32 Å². The molecule has 0 aromatic carbocycles. The first kappa shape index (κ1) is 5.69. The van der Waals surface area contributed by atoms with Crippen LogP contribution in [-0.4, -0.2) is 37.1 Å². The molecular formula is C7H14N2. The van der Waals surface area contributed by atoms with Crippen LogP contribution in [0, 0.1) is 0 Å². The normalized spacial score (nSPS) is 43.7. The molecule has 2 atom stereocenters. The molecule has 2 aliphatic rings. The van der Waals surface area contributed by atoms with E-state index in [0.29, 0.717) is 0 Å². The van der Waals surface area contributed by atoms with E-state index in [4.69, 9.17) is 0 Å². The minimum Gasteiger partial charge on any atom is -0.312 e. The van der Waals surface area contributed by atoms with Crippen LogP contribution in [0.15, 0.2) is 0 Å². The highest BCUT2D eigenvalue weighted by atomic mass is 15.2. The highest BCUT2D eigenvalue weighted by Crippen LogP contribution is 2.22. The van der Waals surface area contributed by atoms with E-state index in [0.717, 1.165) is 12.1 Å². The number of nitrogens with zero attached hydrogens (tertiary/aromatic N) is 1. The molecule has 0 saturated carbocycles. The number of likely N-dealkylation sites (N-methyl/N-ethyl adjacent to an activating group) is 1. The van der Waals surface area contributed by atoms with Crippen molar-refractivity contribution in [1.29, 1.82) is 0 Å². The molecule has 2 rings (SSSR count). The first-order valence-corrected chi connectivity index (χ1v) is 3.81. The Balaban J connectivity index is 2.07. The fourth-order valence-electron chi connectivity index (χ4n) is 2.08. The molecule has 2 saturated heterocycles. The quantitative estimate of drug-likeness (QED) is 0.493. The van der Waals surface area contributed by atoms with Gasteiger partial charge < -0.3 is 10.2 Å². The highest BCUT2D eigenvalue weighted by molar-refractivity contribution is 4.95. The monoisotopic (exact) mass is 126 g/mol. The summed E-state index contributed by atoms with van der Waals surface area (Å²) in [7, 11) is 2.23. The van der Waals surface area contributed by atoms with Gasteiger partial charge in [-0.1, -0.05) is 0 Å². The predicted octanol–water partition coefficient (Wildman–Crippen LogP) is 0.0524. The second-order valence-electron chi connectivity index (χ2n) is 3.19. The lowest BCUT2D eigenvalue weighted by Gasteiger charge is -2.16. The minimum absolute atomic E-state index is 0.829. The van der Waals surface area contributed by atoms with Gasteiger partial charge in [0.05, 0.1) is 0 Å². The van der Waals surface area contributed by atoms with Crippen molar-refractivity contribution in [3.05, 3.63) is 0 Å². The molecule has 0 bridgehead atoms. The molecule has 0 amide bonds. The van der Waals surface area contributed by atoms with E-state index in [1.807, 2.05) is 0 Å². The SMILES string of the molecule is CN1CC[C@H]2NCC[C@@H]21. The number of likely N-dealkylation sites (tertiary alicyclic amines) is 1. The molecule has 0 aliphatic carbocycles. The van der Waals surface area contributed by atoms with Gasteiger partial charge in [0.15, 0.2) is 0 Å². The second kappa shape index (κ2) is 1.96. The van der Waals surface area contributed by atoms with Crippen LogP contribution in [0.1, 0.15) is 12.8 Å². The van der Waals surface area contributed by atoms with Gasteiger partial charge in [-0.05, 0) is 33.0 Å². The third kappa shape index (κ3) is 0.775.